The van der Waals surface area contributed by atoms with E-state index in [0.29, 0.717) is 18.0 Å². The lowest BCUT2D eigenvalue weighted by molar-refractivity contribution is -0.120. The summed E-state index contributed by atoms with van der Waals surface area (Å²) in [4.78, 5) is 12.2. The van der Waals surface area contributed by atoms with Gasteiger partial charge in [-0.05, 0) is 43.8 Å². The van der Waals surface area contributed by atoms with Crippen molar-refractivity contribution >= 4 is 43.5 Å². The number of hydrogen-bond acceptors (Lipinski definition) is 3. The molecule has 0 fully saturated rings. The van der Waals surface area contributed by atoms with Crippen LogP contribution in [0.4, 0.5) is 5.69 Å². The number of methoxy groups -OCH3 is 1. The predicted molar refractivity (Wildman–Crippen MR) is 84.4 cm³/mol. The van der Waals surface area contributed by atoms with Gasteiger partial charge in [0.15, 0.2) is 0 Å². The number of nitrogens with two attached hydrogens (primary N) is 1. The van der Waals surface area contributed by atoms with Crippen LogP contribution in [0.25, 0.3) is 0 Å². The standard InChI is InChI=1S/C13H18Br2N2O2/c1-7(2)8(6-16)13(18)17-11-5-12(19-3)10(15)4-9(11)14/h4-5,7-8H,6,16H2,1-3H3,(H,17,18). The van der Waals surface area contributed by atoms with E-state index >= 15 is 0 Å². The number of carbonyl (C=O) groups is 1. The molecule has 0 saturated carbocycles. The monoisotopic (exact) mass is 392 g/mol. The molecule has 0 aliphatic heterocycles. The van der Waals surface area contributed by atoms with Crippen molar-refractivity contribution in [3.63, 3.8) is 0 Å². The first-order chi connectivity index (χ1) is 8.90. The van der Waals surface area contributed by atoms with Crippen LogP contribution in [0.2, 0.25) is 0 Å². The van der Waals surface area contributed by atoms with Crippen LogP contribution in [0.3, 0.4) is 0 Å². The number of rotatable bonds is 5. The van der Waals surface area contributed by atoms with E-state index < -0.39 is 0 Å². The Morgan fingerprint density at radius 1 is 1.37 bits per heavy atom. The molecule has 19 heavy (non-hydrogen) atoms. The summed E-state index contributed by atoms with van der Waals surface area (Å²) in [6.07, 6.45) is 0. The van der Waals surface area contributed by atoms with Crippen molar-refractivity contribution in [3.8, 4) is 5.75 Å². The molecule has 0 radical (unpaired) electrons. The van der Waals surface area contributed by atoms with E-state index in [1.807, 2.05) is 19.9 Å². The maximum Gasteiger partial charge on any atom is 0.229 e. The summed E-state index contributed by atoms with van der Waals surface area (Å²) in [5, 5.41) is 2.88. The largest absolute Gasteiger partial charge is 0.495 e. The first-order valence-electron chi connectivity index (χ1n) is 5.94. The van der Waals surface area contributed by atoms with Gasteiger partial charge in [0.2, 0.25) is 5.91 Å². The van der Waals surface area contributed by atoms with Gasteiger partial charge >= 0.3 is 0 Å². The fraction of sp³-hybridized carbons (Fsp3) is 0.462. The maximum atomic E-state index is 12.2. The highest BCUT2D eigenvalue weighted by molar-refractivity contribution is 9.11. The minimum Gasteiger partial charge on any atom is -0.495 e. The van der Waals surface area contributed by atoms with Crippen LogP contribution in [0.15, 0.2) is 21.1 Å². The van der Waals surface area contributed by atoms with Crippen molar-refractivity contribution in [2.24, 2.45) is 17.6 Å². The van der Waals surface area contributed by atoms with Crippen molar-refractivity contribution < 1.29 is 9.53 Å². The average Bonchev–Trinajstić information content (AvgIpc) is 2.33. The number of carbonyl (C=O) groups excluding carboxylic acids is 1. The fourth-order valence-electron chi connectivity index (χ4n) is 1.69. The van der Waals surface area contributed by atoms with E-state index in [1.54, 1.807) is 13.2 Å². The number of halogens is 2. The minimum atomic E-state index is -0.207. The molecule has 6 heteroatoms. The van der Waals surface area contributed by atoms with Gasteiger partial charge in [0.1, 0.15) is 5.75 Å². The summed E-state index contributed by atoms with van der Waals surface area (Å²) in [5.74, 6) is 0.567. The molecule has 1 aromatic rings. The third-order valence-electron chi connectivity index (χ3n) is 2.89. The highest BCUT2D eigenvalue weighted by atomic mass is 79.9. The molecule has 0 heterocycles. The molecule has 4 nitrogen and oxygen atoms in total. The van der Waals surface area contributed by atoms with Crippen LogP contribution in [-0.2, 0) is 4.79 Å². The van der Waals surface area contributed by atoms with E-state index in [9.17, 15) is 4.79 Å². The molecule has 0 aromatic heterocycles. The number of hydrogen-bond donors (Lipinski definition) is 2. The maximum absolute atomic E-state index is 12.2. The molecule has 1 unspecified atom stereocenters. The van der Waals surface area contributed by atoms with Gasteiger partial charge in [0, 0.05) is 17.1 Å². The van der Waals surface area contributed by atoms with E-state index in [1.165, 1.54) is 0 Å². The lowest BCUT2D eigenvalue weighted by atomic mass is 9.95. The second-order valence-electron chi connectivity index (χ2n) is 4.54. The van der Waals surface area contributed by atoms with E-state index in [-0.39, 0.29) is 17.7 Å². The number of benzene rings is 1. The molecule has 1 aromatic carbocycles. The molecule has 0 aliphatic carbocycles. The average molecular weight is 394 g/mol. The van der Waals surface area contributed by atoms with Crippen LogP contribution in [-0.4, -0.2) is 19.6 Å². The van der Waals surface area contributed by atoms with Gasteiger partial charge in [-0.15, -0.1) is 0 Å². The van der Waals surface area contributed by atoms with Crippen LogP contribution in [0.5, 0.6) is 5.75 Å². The van der Waals surface area contributed by atoms with Crippen LogP contribution in [0, 0.1) is 11.8 Å². The summed E-state index contributed by atoms with van der Waals surface area (Å²) in [7, 11) is 1.58. The molecular formula is C13H18Br2N2O2. The minimum absolute atomic E-state index is 0.0809. The molecule has 0 aliphatic rings. The Bertz CT molecular complexity index is 464. The van der Waals surface area contributed by atoms with Crippen LogP contribution >= 0.6 is 31.9 Å². The molecule has 0 bridgehead atoms. The smallest absolute Gasteiger partial charge is 0.229 e. The molecule has 106 valence electrons. The highest BCUT2D eigenvalue weighted by Crippen LogP contribution is 2.34. The Hall–Kier alpha value is -0.590. The van der Waals surface area contributed by atoms with Gasteiger partial charge in [-0.1, -0.05) is 13.8 Å². The SMILES string of the molecule is COc1cc(NC(=O)C(CN)C(C)C)c(Br)cc1Br. The molecule has 1 atom stereocenters. The van der Waals surface area contributed by atoms with Crippen LogP contribution < -0.4 is 15.8 Å². The third-order valence-corrected chi connectivity index (χ3v) is 4.17. The van der Waals surface area contributed by atoms with Gasteiger partial charge in [0.05, 0.1) is 23.2 Å². The summed E-state index contributed by atoms with van der Waals surface area (Å²) in [6, 6.07) is 3.60. The lowest BCUT2D eigenvalue weighted by Crippen LogP contribution is -2.33. The van der Waals surface area contributed by atoms with Crippen molar-refractivity contribution in [1.29, 1.82) is 0 Å². The first kappa shape index (κ1) is 16.5. The quantitative estimate of drug-likeness (QED) is 0.805. The zero-order valence-electron chi connectivity index (χ0n) is 11.2. The lowest BCUT2D eigenvalue weighted by Gasteiger charge is -2.19. The third kappa shape index (κ3) is 4.19. The van der Waals surface area contributed by atoms with Gasteiger partial charge in [0.25, 0.3) is 0 Å². The summed E-state index contributed by atoms with van der Waals surface area (Å²) in [6.45, 7) is 4.29. The van der Waals surface area contributed by atoms with Crippen LogP contribution in [0.1, 0.15) is 13.8 Å². The second kappa shape index (κ2) is 7.26. The second-order valence-corrected chi connectivity index (χ2v) is 6.25. The zero-order chi connectivity index (χ0) is 14.6. The molecule has 0 spiro atoms. The number of anilines is 1. The van der Waals surface area contributed by atoms with Gasteiger partial charge < -0.3 is 15.8 Å². The number of ether oxygens (including phenoxy) is 1. The Morgan fingerprint density at radius 2 is 2.00 bits per heavy atom. The first-order valence-corrected chi connectivity index (χ1v) is 7.53. The Labute approximate surface area is 130 Å². The van der Waals surface area contributed by atoms with Gasteiger partial charge in [-0.2, -0.15) is 0 Å². The number of amides is 1. The highest BCUT2D eigenvalue weighted by Gasteiger charge is 2.21. The van der Waals surface area contributed by atoms with Crippen molar-refractivity contribution in [3.05, 3.63) is 21.1 Å². The molecule has 1 amide bonds. The molecular weight excluding hydrogens is 376 g/mol. The Morgan fingerprint density at radius 3 is 2.47 bits per heavy atom. The topological polar surface area (TPSA) is 64.3 Å². The van der Waals surface area contributed by atoms with Gasteiger partial charge in [-0.25, -0.2) is 0 Å². The van der Waals surface area contributed by atoms with E-state index in [0.717, 1.165) is 8.95 Å². The predicted octanol–water partition coefficient (Wildman–Crippen LogP) is 3.39. The van der Waals surface area contributed by atoms with Crippen molar-refractivity contribution in [2.75, 3.05) is 19.0 Å². The summed E-state index contributed by atoms with van der Waals surface area (Å²) in [5.41, 5.74) is 6.31. The van der Waals surface area contributed by atoms with E-state index in [2.05, 4.69) is 37.2 Å². The summed E-state index contributed by atoms with van der Waals surface area (Å²) >= 11 is 6.80. The Balaban J connectivity index is 2.96. The van der Waals surface area contributed by atoms with Gasteiger partial charge in [-0.3, -0.25) is 4.79 Å². The normalized spacial score (nSPS) is 12.4. The molecule has 1 rings (SSSR count). The van der Waals surface area contributed by atoms with Crippen molar-refractivity contribution in [2.45, 2.75) is 13.8 Å². The zero-order valence-corrected chi connectivity index (χ0v) is 14.3. The molecule has 0 saturated heterocycles. The molecule has 3 N–H and O–H groups in total. The number of nitrogens with one attached hydrogen (secondary N) is 1. The van der Waals surface area contributed by atoms with E-state index in [4.69, 9.17) is 10.5 Å². The fourth-order valence-corrected chi connectivity index (χ4v) is 2.94. The summed E-state index contributed by atoms with van der Waals surface area (Å²) < 4.78 is 6.82. The Kier molecular flexibility index (Phi) is 6.29. The van der Waals surface area contributed by atoms with Crippen molar-refractivity contribution in [1.82, 2.24) is 0 Å².